The molecular weight excluding hydrogens is 186 g/mol. The molecule has 0 saturated heterocycles. The standard InChI is InChI=1S/C12H19N3/c1-6-13-9-14-8-12(10(3)4)11(5)15-7-2/h6-10H,1-2H2,3-5H3,(H,13,14)/b12-8-,15-11+. The van der Waals surface area contributed by atoms with Crippen LogP contribution in [0.5, 0.6) is 0 Å². The molecule has 0 aliphatic heterocycles. The third-order valence-corrected chi connectivity index (χ3v) is 1.81. The number of rotatable bonds is 6. The Morgan fingerprint density at radius 3 is 2.47 bits per heavy atom. The molecule has 82 valence electrons. The molecule has 0 aromatic rings. The van der Waals surface area contributed by atoms with Crippen molar-refractivity contribution in [1.29, 1.82) is 0 Å². The lowest BCUT2D eigenvalue weighted by atomic mass is 10.0. The average Bonchev–Trinajstić information content (AvgIpc) is 2.17. The predicted molar refractivity (Wildman–Crippen MR) is 68.1 cm³/mol. The van der Waals surface area contributed by atoms with Gasteiger partial charge in [0, 0.05) is 18.1 Å². The lowest BCUT2D eigenvalue weighted by Crippen LogP contribution is -2.05. The summed E-state index contributed by atoms with van der Waals surface area (Å²) < 4.78 is 0. The maximum Gasteiger partial charge on any atom is 0.0918 e. The van der Waals surface area contributed by atoms with Crippen LogP contribution in [0.2, 0.25) is 0 Å². The van der Waals surface area contributed by atoms with Crippen molar-refractivity contribution in [2.45, 2.75) is 20.8 Å². The summed E-state index contributed by atoms with van der Waals surface area (Å²) in [5.74, 6) is 0.384. The van der Waals surface area contributed by atoms with Crippen LogP contribution in [0, 0.1) is 5.92 Å². The van der Waals surface area contributed by atoms with Crippen molar-refractivity contribution in [3.63, 3.8) is 0 Å². The van der Waals surface area contributed by atoms with Crippen LogP contribution < -0.4 is 5.32 Å². The monoisotopic (exact) mass is 205 g/mol. The topological polar surface area (TPSA) is 36.8 Å². The molecule has 0 aliphatic carbocycles. The van der Waals surface area contributed by atoms with E-state index >= 15 is 0 Å². The van der Waals surface area contributed by atoms with Crippen LogP contribution in [0.1, 0.15) is 20.8 Å². The van der Waals surface area contributed by atoms with Gasteiger partial charge in [-0.3, -0.25) is 4.99 Å². The van der Waals surface area contributed by atoms with E-state index in [0.29, 0.717) is 5.92 Å². The summed E-state index contributed by atoms with van der Waals surface area (Å²) in [6.45, 7) is 13.2. The average molecular weight is 205 g/mol. The largest absolute Gasteiger partial charge is 0.353 e. The van der Waals surface area contributed by atoms with Gasteiger partial charge in [0.25, 0.3) is 0 Å². The molecule has 0 fully saturated rings. The summed E-state index contributed by atoms with van der Waals surface area (Å²) >= 11 is 0. The van der Waals surface area contributed by atoms with Gasteiger partial charge in [-0.2, -0.15) is 0 Å². The van der Waals surface area contributed by atoms with E-state index in [1.54, 1.807) is 18.7 Å². The van der Waals surface area contributed by atoms with Gasteiger partial charge in [0.1, 0.15) is 0 Å². The first-order chi connectivity index (χ1) is 7.13. The van der Waals surface area contributed by atoms with Crippen LogP contribution in [0.25, 0.3) is 0 Å². The second-order valence-corrected chi connectivity index (χ2v) is 3.29. The highest BCUT2D eigenvalue weighted by molar-refractivity contribution is 5.98. The zero-order valence-corrected chi connectivity index (χ0v) is 9.70. The number of aliphatic imine (C=N–C) groups is 2. The van der Waals surface area contributed by atoms with E-state index in [1.165, 1.54) is 6.20 Å². The van der Waals surface area contributed by atoms with Crippen LogP contribution in [0.15, 0.2) is 47.3 Å². The Morgan fingerprint density at radius 2 is 2.00 bits per heavy atom. The number of hydrogen-bond donors (Lipinski definition) is 1. The molecule has 0 rings (SSSR count). The van der Waals surface area contributed by atoms with Gasteiger partial charge in [0.2, 0.25) is 0 Å². The van der Waals surface area contributed by atoms with Gasteiger partial charge in [-0.05, 0) is 24.6 Å². The summed E-state index contributed by atoms with van der Waals surface area (Å²) in [4.78, 5) is 8.24. The van der Waals surface area contributed by atoms with Crippen LogP contribution in [-0.4, -0.2) is 12.1 Å². The van der Waals surface area contributed by atoms with E-state index in [1.807, 2.05) is 6.92 Å². The van der Waals surface area contributed by atoms with Crippen molar-refractivity contribution in [1.82, 2.24) is 5.32 Å². The molecule has 0 saturated carbocycles. The quantitative estimate of drug-likeness (QED) is 0.525. The van der Waals surface area contributed by atoms with Gasteiger partial charge < -0.3 is 5.32 Å². The molecule has 3 heteroatoms. The minimum atomic E-state index is 0.384. The van der Waals surface area contributed by atoms with Crippen molar-refractivity contribution in [2.75, 3.05) is 0 Å². The van der Waals surface area contributed by atoms with Gasteiger partial charge in [-0.15, -0.1) is 0 Å². The molecule has 0 radical (unpaired) electrons. The third kappa shape index (κ3) is 5.62. The molecule has 0 aromatic heterocycles. The Labute approximate surface area is 92.0 Å². The highest BCUT2D eigenvalue weighted by atomic mass is 14.9. The highest BCUT2D eigenvalue weighted by Gasteiger charge is 2.05. The molecule has 15 heavy (non-hydrogen) atoms. The van der Waals surface area contributed by atoms with Crippen LogP contribution in [-0.2, 0) is 0 Å². The summed E-state index contributed by atoms with van der Waals surface area (Å²) in [7, 11) is 0. The molecule has 1 N–H and O–H groups in total. The van der Waals surface area contributed by atoms with E-state index in [4.69, 9.17) is 0 Å². The van der Waals surface area contributed by atoms with Crippen LogP contribution >= 0.6 is 0 Å². The minimum absolute atomic E-state index is 0.384. The molecule has 0 unspecified atom stereocenters. The number of nitrogens with one attached hydrogen (secondary N) is 1. The molecule has 0 aromatic carbocycles. The SMILES string of the molecule is C=C/N=C(C)/C(=C\N=C/NC=C)C(C)C. The van der Waals surface area contributed by atoms with Crippen LogP contribution in [0.3, 0.4) is 0 Å². The number of nitrogens with zero attached hydrogens (tertiary/aromatic N) is 2. The lowest BCUT2D eigenvalue weighted by molar-refractivity contribution is 0.798. The van der Waals surface area contributed by atoms with E-state index in [9.17, 15) is 0 Å². The van der Waals surface area contributed by atoms with Crippen LogP contribution in [0.4, 0.5) is 0 Å². The fourth-order valence-electron chi connectivity index (χ4n) is 1.09. The van der Waals surface area contributed by atoms with E-state index < -0.39 is 0 Å². The second-order valence-electron chi connectivity index (χ2n) is 3.29. The van der Waals surface area contributed by atoms with E-state index in [0.717, 1.165) is 11.3 Å². The smallest absolute Gasteiger partial charge is 0.0918 e. The lowest BCUT2D eigenvalue weighted by Gasteiger charge is -2.08. The van der Waals surface area contributed by atoms with Crippen molar-refractivity contribution in [3.8, 4) is 0 Å². The van der Waals surface area contributed by atoms with Crippen molar-refractivity contribution >= 4 is 12.1 Å². The summed E-state index contributed by atoms with van der Waals surface area (Å²) in [6, 6.07) is 0. The summed E-state index contributed by atoms with van der Waals surface area (Å²) in [6.07, 6.45) is 6.48. The third-order valence-electron chi connectivity index (χ3n) is 1.81. The first-order valence-corrected chi connectivity index (χ1v) is 4.87. The minimum Gasteiger partial charge on any atom is -0.353 e. The molecule has 0 spiro atoms. The van der Waals surface area contributed by atoms with Gasteiger partial charge in [0.05, 0.1) is 6.34 Å². The van der Waals surface area contributed by atoms with Gasteiger partial charge in [-0.25, -0.2) is 4.99 Å². The van der Waals surface area contributed by atoms with Crippen molar-refractivity contribution in [2.24, 2.45) is 15.9 Å². The second kappa shape index (κ2) is 7.74. The van der Waals surface area contributed by atoms with Crippen molar-refractivity contribution < 1.29 is 0 Å². The van der Waals surface area contributed by atoms with Gasteiger partial charge in [-0.1, -0.05) is 27.0 Å². The Hall–Kier alpha value is -1.64. The van der Waals surface area contributed by atoms with Gasteiger partial charge >= 0.3 is 0 Å². The first kappa shape index (κ1) is 13.4. The Morgan fingerprint density at radius 1 is 1.33 bits per heavy atom. The Balaban J connectivity index is 4.73. The van der Waals surface area contributed by atoms with E-state index in [2.05, 4.69) is 42.3 Å². The maximum atomic E-state index is 4.14. The zero-order chi connectivity index (χ0) is 11.7. The molecule has 0 atom stereocenters. The molecular formula is C12H19N3. The fourth-order valence-corrected chi connectivity index (χ4v) is 1.09. The van der Waals surface area contributed by atoms with E-state index in [-0.39, 0.29) is 0 Å². The summed E-state index contributed by atoms with van der Waals surface area (Å²) in [5.41, 5.74) is 2.03. The number of allylic oxidation sites excluding steroid dienone is 1. The van der Waals surface area contributed by atoms with Gasteiger partial charge in [0.15, 0.2) is 0 Å². The predicted octanol–water partition coefficient (Wildman–Crippen LogP) is 2.89. The Kier molecular flexibility index (Phi) is 6.89. The molecule has 0 aliphatic rings. The normalized spacial score (nSPS) is 13.3. The summed E-state index contributed by atoms with van der Waals surface area (Å²) in [5, 5.41) is 2.78. The first-order valence-electron chi connectivity index (χ1n) is 4.87. The fraction of sp³-hybridized carbons (Fsp3) is 0.333. The molecule has 0 bridgehead atoms. The molecule has 0 amide bonds. The highest BCUT2D eigenvalue weighted by Crippen LogP contribution is 2.11. The molecule has 3 nitrogen and oxygen atoms in total. The molecule has 0 heterocycles. The Bertz CT molecular complexity index is 296. The van der Waals surface area contributed by atoms with Crippen molar-refractivity contribution in [3.05, 3.63) is 37.3 Å². The zero-order valence-electron chi connectivity index (χ0n) is 9.70. The number of hydrogen-bond acceptors (Lipinski definition) is 2. The maximum absolute atomic E-state index is 4.14.